The average molecular weight is 411 g/mol. The van der Waals surface area contributed by atoms with Crippen molar-refractivity contribution in [1.29, 1.82) is 0 Å². The van der Waals surface area contributed by atoms with E-state index < -0.39 is 11.6 Å². The summed E-state index contributed by atoms with van der Waals surface area (Å²) in [5, 5.41) is 7.42. The second-order valence-electron chi connectivity index (χ2n) is 7.72. The molecule has 1 N–H and O–H groups in total. The molecule has 30 heavy (non-hydrogen) atoms. The maximum Gasteiger partial charge on any atom is 0.255 e. The molecule has 5 nitrogen and oxygen atoms in total. The van der Waals surface area contributed by atoms with Gasteiger partial charge in [-0.2, -0.15) is 5.10 Å². The van der Waals surface area contributed by atoms with Crippen LogP contribution >= 0.6 is 0 Å². The van der Waals surface area contributed by atoms with Crippen LogP contribution in [-0.2, 0) is 0 Å². The summed E-state index contributed by atoms with van der Waals surface area (Å²) in [7, 11) is 0. The molecule has 0 saturated heterocycles. The summed E-state index contributed by atoms with van der Waals surface area (Å²) in [6.45, 7) is 7.91. The fourth-order valence-corrected chi connectivity index (χ4v) is 4.12. The van der Waals surface area contributed by atoms with Gasteiger partial charge in [0.05, 0.1) is 29.6 Å². The molecule has 156 valence electrons. The Kier molecular flexibility index (Phi) is 5.05. The Morgan fingerprint density at radius 3 is 2.67 bits per heavy atom. The summed E-state index contributed by atoms with van der Waals surface area (Å²) >= 11 is 0. The molecular formula is C23H23F2N3O2. The Morgan fingerprint density at radius 2 is 1.93 bits per heavy atom. The smallest absolute Gasteiger partial charge is 0.255 e. The lowest BCUT2D eigenvalue weighted by Crippen LogP contribution is -2.33. The number of rotatable bonds is 3. The fraction of sp³-hybridized carbons (Fsp3) is 0.304. The van der Waals surface area contributed by atoms with Crippen molar-refractivity contribution in [2.75, 3.05) is 6.61 Å². The van der Waals surface area contributed by atoms with Crippen LogP contribution in [0.1, 0.15) is 50.9 Å². The molecule has 0 bridgehead atoms. The van der Waals surface area contributed by atoms with Crippen LogP contribution in [0, 0.1) is 39.3 Å². The number of nitrogens with one attached hydrogen (secondary N) is 1. The predicted molar refractivity (Wildman–Crippen MR) is 109 cm³/mol. The van der Waals surface area contributed by atoms with Crippen LogP contribution in [0.3, 0.4) is 0 Å². The standard InChI is InChI=1S/C23H23F2N3O2/c1-12-9-13(2)22-17(10-12)19(7-8-30-22)26-23(29)21-14(3)27-28(15(21)4)20-6-5-16(24)11-18(20)25/h5-6,9-11,19H,7-8H2,1-4H3,(H,26,29). The Morgan fingerprint density at radius 1 is 1.17 bits per heavy atom. The highest BCUT2D eigenvalue weighted by Gasteiger charge is 2.28. The largest absolute Gasteiger partial charge is 0.493 e. The number of benzene rings is 2. The molecule has 1 atom stereocenters. The zero-order valence-electron chi connectivity index (χ0n) is 17.3. The SMILES string of the molecule is Cc1cc(C)c2c(c1)C(NC(=O)c1c(C)nn(-c3ccc(F)cc3F)c1C)CCO2. The number of ether oxygens (including phenoxy) is 1. The van der Waals surface area contributed by atoms with Gasteiger partial charge in [0.2, 0.25) is 0 Å². The summed E-state index contributed by atoms with van der Waals surface area (Å²) in [5.41, 5.74) is 4.54. The van der Waals surface area contributed by atoms with Gasteiger partial charge in [-0.05, 0) is 45.4 Å². The first-order valence-corrected chi connectivity index (χ1v) is 9.82. The highest BCUT2D eigenvalue weighted by Crippen LogP contribution is 2.36. The molecule has 0 spiro atoms. The maximum atomic E-state index is 14.3. The number of aromatic nitrogens is 2. The molecule has 0 radical (unpaired) electrons. The topological polar surface area (TPSA) is 56.2 Å². The maximum absolute atomic E-state index is 14.3. The zero-order valence-corrected chi connectivity index (χ0v) is 17.3. The molecule has 0 fully saturated rings. The number of amides is 1. The number of hydrogen-bond acceptors (Lipinski definition) is 3. The number of nitrogens with zero attached hydrogens (tertiary/aromatic N) is 2. The van der Waals surface area contributed by atoms with Gasteiger partial charge in [-0.25, -0.2) is 13.5 Å². The Labute approximate surface area is 173 Å². The van der Waals surface area contributed by atoms with Gasteiger partial charge in [-0.15, -0.1) is 0 Å². The van der Waals surface area contributed by atoms with E-state index in [4.69, 9.17) is 4.74 Å². The molecule has 2 heterocycles. The van der Waals surface area contributed by atoms with E-state index in [0.717, 1.165) is 34.6 Å². The van der Waals surface area contributed by atoms with Crippen molar-refractivity contribution in [1.82, 2.24) is 15.1 Å². The second-order valence-corrected chi connectivity index (χ2v) is 7.72. The van der Waals surface area contributed by atoms with Crippen LogP contribution in [0.4, 0.5) is 8.78 Å². The molecule has 0 saturated carbocycles. The van der Waals surface area contributed by atoms with Crippen LogP contribution in [-0.4, -0.2) is 22.3 Å². The molecule has 2 aromatic carbocycles. The molecule has 3 aromatic rings. The fourth-order valence-electron chi connectivity index (χ4n) is 4.12. The molecule has 1 amide bonds. The lowest BCUT2D eigenvalue weighted by molar-refractivity contribution is 0.0923. The van der Waals surface area contributed by atoms with Crippen LogP contribution in [0.2, 0.25) is 0 Å². The lowest BCUT2D eigenvalue weighted by atomic mass is 9.95. The number of fused-ring (bicyclic) bond motifs is 1. The van der Waals surface area contributed by atoms with Crippen LogP contribution in [0.5, 0.6) is 5.75 Å². The highest BCUT2D eigenvalue weighted by molar-refractivity contribution is 5.96. The van der Waals surface area contributed by atoms with Crippen molar-refractivity contribution in [3.05, 3.63) is 75.6 Å². The van der Waals surface area contributed by atoms with Gasteiger partial charge in [-0.3, -0.25) is 4.79 Å². The third kappa shape index (κ3) is 3.44. The number of carbonyl (C=O) groups excluding carboxylic acids is 1. The van der Waals surface area contributed by atoms with Gasteiger partial charge in [0.1, 0.15) is 17.3 Å². The van der Waals surface area contributed by atoms with Crippen molar-refractivity contribution in [3.63, 3.8) is 0 Å². The molecule has 1 aromatic heterocycles. The minimum absolute atomic E-state index is 0.0960. The predicted octanol–water partition coefficient (Wildman–Crippen LogP) is 4.64. The van der Waals surface area contributed by atoms with E-state index in [2.05, 4.69) is 16.5 Å². The molecular weight excluding hydrogens is 388 g/mol. The zero-order chi connectivity index (χ0) is 21.6. The van der Waals surface area contributed by atoms with E-state index in [1.807, 2.05) is 19.9 Å². The van der Waals surface area contributed by atoms with Gasteiger partial charge in [-0.1, -0.05) is 17.7 Å². The summed E-state index contributed by atoms with van der Waals surface area (Å²) in [6.07, 6.45) is 0.653. The molecule has 7 heteroatoms. The molecule has 1 unspecified atom stereocenters. The van der Waals surface area contributed by atoms with Crippen molar-refractivity contribution >= 4 is 5.91 Å². The van der Waals surface area contributed by atoms with Crippen molar-refractivity contribution < 1.29 is 18.3 Å². The Balaban J connectivity index is 1.67. The summed E-state index contributed by atoms with van der Waals surface area (Å²) in [4.78, 5) is 13.2. The van der Waals surface area contributed by atoms with E-state index in [9.17, 15) is 13.6 Å². The van der Waals surface area contributed by atoms with Crippen LogP contribution < -0.4 is 10.1 Å². The number of halogens is 2. The molecule has 1 aliphatic heterocycles. The van der Waals surface area contributed by atoms with Crippen molar-refractivity contribution in [3.8, 4) is 11.4 Å². The number of carbonyl (C=O) groups is 1. The van der Waals surface area contributed by atoms with Crippen LogP contribution in [0.15, 0.2) is 30.3 Å². The van der Waals surface area contributed by atoms with Crippen molar-refractivity contribution in [2.24, 2.45) is 0 Å². The summed E-state index contributed by atoms with van der Waals surface area (Å²) in [5.74, 6) is -0.873. The first-order valence-electron chi connectivity index (χ1n) is 9.82. The van der Waals surface area contributed by atoms with E-state index >= 15 is 0 Å². The van der Waals surface area contributed by atoms with E-state index in [1.54, 1.807) is 13.8 Å². The third-order valence-electron chi connectivity index (χ3n) is 5.44. The highest BCUT2D eigenvalue weighted by atomic mass is 19.1. The summed E-state index contributed by atoms with van der Waals surface area (Å²) in [6, 6.07) is 7.17. The second kappa shape index (κ2) is 7.55. The van der Waals surface area contributed by atoms with Gasteiger partial charge < -0.3 is 10.1 Å². The first kappa shape index (κ1) is 20.1. The molecule has 1 aliphatic rings. The van der Waals surface area contributed by atoms with Gasteiger partial charge in [0.15, 0.2) is 5.82 Å². The third-order valence-corrected chi connectivity index (χ3v) is 5.44. The van der Waals surface area contributed by atoms with E-state index in [0.29, 0.717) is 30.0 Å². The normalized spacial score (nSPS) is 15.5. The average Bonchev–Trinajstić information content (AvgIpc) is 2.96. The lowest BCUT2D eigenvalue weighted by Gasteiger charge is -2.28. The first-order chi connectivity index (χ1) is 14.3. The minimum Gasteiger partial charge on any atom is -0.493 e. The minimum atomic E-state index is -0.739. The number of hydrogen-bond donors (Lipinski definition) is 1. The number of aryl methyl sites for hydroxylation is 3. The summed E-state index contributed by atoms with van der Waals surface area (Å²) < 4.78 is 34.7. The van der Waals surface area contributed by atoms with Gasteiger partial charge in [0, 0.05) is 18.1 Å². The van der Waals surface area contributed by atoms with Gasteiger partial charge in [0.25, 0.3) is 5.91 Å². The van der Waals surface area contributed by atoms with E-state index in [1.165, 1.54) is 10.7 Å². The molecule has 4 rings (SSSR count). The quantitative estimate of drug-likeness (QED) is 0.683. The van der Waals surface area contributed by atoms with Gasteiger partial charge >= 0.3 is 0 Å². The monoisotopic (exact) mass is 411 g/mol. The van der Waals surface area contributed by atoms with E-state index in [-0.39, 0.29) is 17.6 Å². The molecule has 0 aliphatic carbocycles. The Bertz CT molecular complexity index is 1150. The van der Waals surface area contributed by atoms with Crippen LogP contribution in [0.25, 0.3) is 5.69 Å². The van der Waals surface area contributed by atoms with Crippen molar-refractivity contribution in [2.45, 2.75) is 40.2 Å². The Hall–Kier alpha value is -3.22.